The standard InChI is InChI=1S/C19H25N/c1-7-19(5,6)17-12-20-18(11-15(17)4)16-9-8-13(2)10-14(16)3/h8-12H,7H2,1-6H3. The van der Waals surface area contributed by atoms with Crippen LogP contribution in [0.1, 0.15) is 49.4 Å². The summed E-state index contributed by atoms with van der Waals surface area (Å²) >= 11 is 0. The van der Waals surface area contributed by atoms with Crippen LogP contribution in [0.2, 0.25) is 0 Å². The molecule has 2 rings (SSSR count). The van der Waals surface area contributed by atoms with Crippen LogP contribution in [-0.2, 0) is 5.41 Å². The molecule has 0 amide bonds. The summed E-state index contributed by atoms with van der Waals surface area (Å²) in [6, 6.07) is 8.78. The van der Waals surface area contributed by atoms with Gasteiger partial charge in [-0.1, -0.05) is 44.5 Å². The van der Waals surface area contributed by atoms with Crippen molar-refractivity contribution in [3.63, 3.8) is 0 Å². The van der Waals surface area contributed by atoms with E-state index >= 15 is 0 Å². The molecule has 0 unspecified atom stereocenters. The van der Waals surface area contributed by atoms with Crippen molar-refractivity contribution in [2.24, 2.45) is 0 Å². The number of hydrogen-bond acceptors (Lipinski definition) is 1. The lowest BCUT2D eigenvalue weighted by Gasteiger charge is -2.25. The first-order valence-electron chi connectivity index (χ1n) is 7.40. The molecule has 0 N–H and O–H groups in total. The minimum atomic E-state index is 0.192. The molecule has 0 spiro atoms. The van der Waals surface area contributed by atoms with Crippen molar-refractivity contribution in [2.45, 2.75) is 53.4 Å². The van der Waals surface area contributed by atoms with Crippen molar-refractivity contribution in [1.82, 2.24) is 4.98 Å². The summed E-state index contributed by atoms with van der Waals surface area (Å²) in [6.45, 7) is 13.3. The topological polar surface area (TPSA) is 12.9 Å². The maximum atomic E-state index is 4.71. The first-order valence-corrected chi connectivity index (χ1v) is 7.40. The summed E-state index contributed by atoms with van der Waals surface area (Å²) in [5, 5.41) is 0. The van der Waals surface area contributed by atoms with E-state index in [9.17, 15) is 0 Å². The molecule has 1 nitrogen and oxygen atoms in total. The van der Waals surface area contributed by atoms with Gasteiger partial charge in [0.05, 0.1) is 5.69 Å². The Morgan fingerprint density at radius 2 is 1.70 bits per heavy atom. The maximum Gasteiger partial charge on any atom is 0.0707 e. The Morgan fingerprint density at radius 3 is 2.25 bits per heavy atom. The van der Waals surface area contributed by atoms with Crippen molar-refractivity contribution in [1.29, 1.82) is 0 Å². The van der Waals surface area contributed by atoms with Gasteiger partial charge in [0.1, 0.15) is 0 Å². The molecule has 0 fully saturated rings. The Labute approximate surface area is 123 Å². The van der Waals surface area contributed by atoms with E-state index in [0.717, 1.165) is 12.1 Å². The van der Waals surface area contributed by atoms with Crippen molar-refractivity contribution < 1.29 is 0 Å². The predicted octanol–water partition coefficient (Wildman–Crippen LogP) is 5.36. The van der Waals surface area contributed by atoms with Crippen molar-refractivity contribution in [3.8, 4) is 11.3 Å². The highest BCUT2D eigenvalue weighted by Gasteiger charge is 2.21. The molecule has 0 radical (unpaired) electrons. The lowest BCUT2D eigenvalue weighted by atomic mass is 9.80. The SMILES string of the molecule is CCC(C)(C)c1cnc(-c2ccc(C)cc2C)cc1C. The molecule has 1 heteroatoms. The average Bonchev–Trinajstić information content (AvgIpc) is 2.38. The number of benzene rings is 1. The van der Waals surface area contributed by atoms with Crippen LogP contribution in [0.3, 0.4) is 0 Å². The second-order valence-electron chi connectivity index (χ2n) is 6.44. The maximum absolute atomic E-state index is 4.71. The van der Waals surface area contributed by atoms with Crippen LogP contribution in [0.15, 0.2) is 30.5 Å². The van der Waals surface area contributed by atoms with Crippen LogP contribution in [0.4, 0.5) is 0 Å². The minimum absolute atomic E-state index is 0.192. The summed E-state index contributed by atoms with van der Waals surface area (Å²) in [7, 11) is 0. The molecule has 0 saturated heterocycles. The number of aromatic nitrogens is 1. The van der Waals surface area contributed by atoms with Crippen LogP contribution in [0, 0.1) is 20.8 Å². The van der Waals surface area contributed by atoms with E-state index in [1.807, 2.05) is 0 Å². The third-order valence-corrected chi connectivity index (χ3v) is 4.38. The van der Waals surface area contributed by atoms with Crippen LogP contribution >= 0.6 is 0 Å². The third kappa shape index (κ3) is 2.77. The second-order valence-corrected chi connectivity index (χ2v) is 6.44. The van der Waals surface area contributed by atoms with E-state index in [2.05, 4.69) is 72.0 Å². The van der Waals surface area contributed by atoms with E-state index in [4.69, 9.17) is 4.98 Å². The van der Waals surface area contributed by atoms with Gasteiger partial charge in [-0.15, -0.1) is 0 Å². The highest BCUT2D eigenvalue weighted by molar-refractivity contribution is 5.65. The van der Waals surface area contributed by atoms with Gasteiger partial charge < -0.3 is 0 Å². The predicted molar refractivity (Wildman–Crippen MR) is 87.2 cm³/mol. The molecule has 20 heavy (non-hydrogen) atoms. The molecular formula is C19H25N. The van der Waals surface area contributed by atoms with Gasteiger partial charge in [-0.05, 0) is 55.4 Å². The van der Waals surface area contributed by atoms with Crippen LogP contribution in [-0.4, -0.2) is 4.98 Å². The number of pyridine rings is 1. The zero-order valence-electron chi connectivity index (χ0n) is 13.5. The minimum Gasteiger partial charge on any atom is -0.256 e. The summed E-state index contributed by atoms with van der Waals surface area (Å²) < 4.78 is 0. The largest absolute Gasteiger partial charge is 0.256 e. The molecule has 1 heterocycles. The number of rotatable bonds is 3. The Bertz CT molecular complexity index is 624. The van der Waals surface area contributed by atoms with Crippen LogP contribution in [0.25, 0.3) is 11.3 Å². The highest BCUT2D eigenvalue weighted by Crippen LogP contribution is 2.31. The van der Waals surface area contributed by atoms with Gasteiger partial charge in [-0.25, -0.2) is 0 Å². The summed E-state index contributed by atoms with van der Waals surface area (Å²) in [5.74, 6) is 0. The smallest absolute Gasteiger partial charge is 0.0707 e. The molecule has 0 bridgehead atoms. The van der Waals surface area contributed by atoms with Crippen molar-refractivity contribution in [3.05, 3.63) is 52.7 Å². The molecule has 1 aromatic carbocycles. The molecule has 1 aromatic heterocycles. The lowest BCUT2D eigenvalue weighted by Crippen LogP contribution is -2.17. The average molecular weight is 267 g/mol. The Balaban J connectivity index is 2.48. The molecule has 106 valence electrons. The molecule has 0 aliphatic rings. The normalized spacial score (nSPS) is 11.7. The number of aryl methyl sites for hydroxylation is 3. The van der Waals surface area contributed by atoms with Crippen molar-refractivity contribution >= 4 is 0 Å². The first-order chi connectivity index (χ1) is 9.35. The first kappa shape index (κ1) is 14.8. The zero-order chi connectivity index (χ0) is 14.9. The van der Waals surface area contributed by atoms with E-state index in [-0.39, 0.29) is 5.41 Å². The third-order valence-electron chi connectivity index (χ3n) is 4.38. The van der Waals surface area contributed by atoms with E-state index in [1.54, 1.807) is 0 Å². The zero-order valence-corrected chi connectivity index (χ0v) is 13.5. The fourth-order valence-electron chi connectivity index (χ4n) is 2.70. The van der Waals surface area contributed by atoms with Gasteiger partial charge in [0, 0.05) is 11.8 Å². The summed E-state index contributed by atoms with van der Waals surface area (Å²) in [5.41, 5.74) is 7.79. The molecule has 0 atom stereocenters. The summed E-state index contributed by atoms with van der Waals surface area (Å²) in [4.78, 5) is 4.71. The van der Waals surface area contributed by atoms with E-state index in [1.165, 1.54) is 27.8 Å². The number of nitrogens with zero attached hydrogens (tertiary/aromatic N) is 1. The molecule has 0 saturated carbocycles. The Morgan fingerprint density at radius 1 is 1.00 bits per heavy atom. The Kier molecular flexibility index (Phi) is 3.99. The molecule has 0 aliphatic heterocycles. The van der Waals surface area contributed by atoms with Gasteiger partial charge in [0.15, 0.2) is 0 Å². The van der Waals surface area contributed by atoms with Crippen molar-refractivity contribution in [2.75, 3.05) is 0 Å². The van der Waals surface area contributed by atoms with Gasteiger partial charge >= 0.3 is 0 Å². The van der Waals surface area contributed by atoms with Gasteiger partial charge in [-0.3, -0.25) is 4.98 Å². The van der Waals surface area contributed by atoms with Crippen LogP contribution < -0.4 is 0 Å². The lowest BCUT2D eigenvalue weighted by molar-refractivity contribution is 0.501. The number of hydrogen-bond donors (Lipinski definition) is 0. The molecule has 2 aromatic rings. The highest BCUT2D eigenvalue weighted by atomic mass is 14.7. The monoisotopic (exact) mass is 267 g/mol. The van der Waals surface area contributed by atoms with E-state index in [0.29, 0.717) is 0 Å². The fraction of sp³-hybridized carbons (Fsp3) is 0.421. The molecule has 0 aliphatic carbocycles. The fourth-order valence-corrected chi connectivity index (χ4v) is 2.70. The Hall–Kier alpha value is -1.63. The molecular weight excluding hydrogens is 242 g/mol. The van der Waals surface area contributed by atoms with E-state index < -0.39 is 0 Å². The van der Waals surface area contributed by atoms with Gasteiger partial charge in [0.25, 0.3) is 0 Å². The quantitative estimate of drug-likeness (QED) is 0.729. The van der Waals surface area contributed by atoms with Gasteiger partial charge in [0.2, 0.25) is 0 Å². The second kappa shape index (κ2) is 5.40. The summed E-state index contributed by atoms with van der Waals surface area (Å²) in [6.07, 6.45) is 3.19. The van der Waals surface area contributed by atoms with Crippen LogP contribution in [0.5, 0.6) is 0 Å². The van der Waals surface area contributed by atoms with Gasteiger partial charge in [-0.2, -0.15) is 0 Å².